The minimum atomic E-state index is -3.71. The van der Waals surface area contributed by atoms with Gasteiger partial charge < -0.3 is 5.32 Å². The second-order valence-corrected chi connectivity index (χ2v) is 10.8. The Balaban J connectivity index is 1.94. The fraction of sp³-hybridized carbons (Fsp3) is 0.450. The van der Waals surface area contributed by atoms with Gasteiger partial charge in [-0.2, -0.15) is 10.1 Å². The summed E-state index contributed by atoms with van der Waals surface area (Å²) in [6.07, 6.45) is 1.50. The Labute approximate surface area is 176 Å². The first-order valence-electron chi connectivity index (χ1n) is 9.62. The third kappa shape index (κ3) is 4.71. The van der Waals surface area contributed by atoms with Gasteiger partial charge in [-0.3, -0.25) is 9.78 Å². The zero-order valence-corrected chi connectivity index (χ0v) is 18.9. The molecule has 0 fully saturated rings. The van der Waals surface area contributed by atoms with Gasteiger partial charge in [-0.1, -0.05) is 18.2 Å². The van der Waals surface area contributed by atoms with Crippen molar-refractivity contribution in [3.05, 3.63) is 46.4 Å². The van der Waals surface area contributed by atoms with Crippen LogP contribution in [0.15, 0.2) is 40.2 Å². The predicted octanol–water partition coefficient (Wildman–Crippen LogP) is 2.56. The molecule has 0 aliphatic carbocycles. The Hall–Kier alpha value is -2.72. The number of nitrogens with zero attached hydrogens (tertiary/aromatic N) is 3. The highest BCUT2D eigenvalue weighted by Gasteiger charge is 2.24. The Bertz CT molecular complexity index is 1230. The zero-order valence-electron chi connectivity index (χ0n) is 18.1. The van der Waals surface area contributed by atoms with Crippen LogP contribution >= 0.6 is 0 Å². The van der Waals surface area contributed by atoms with Crippen LogP contribution in [0.5, 0.6) is 0 Å². The van der Waals surface area contributed by atoms with E-state index in [0.717, 1.165) is 0 Å². The number of benzene rings is 1. The Kier molecular flexibility index (Phi) is 5.50. The van der Waals surface area contributed by atoms with Crippen molar-refractivity contribution in [1.82, 2.24) is 24.5 Å². The van der Waals surface area contributed by atoms with Crippen LogP contribution in [0.1, 0.15) is 47.1 Å². The first kappa shape index (κ1) is 22.0. The highest BCUT2D eigenvalue weighted by Crippen LogP contribution is 2.21. The van der Waals surface area contributed by atoms with Gasteiger partial charge in [-0.05, 0) is 53.2 Å². The second-order valence-electron chi connectivity index (χ2n) is 9.20. The molecular formula is C20H28N6O3S. The minimum Gasteiger partial charge on any atom is -0.352 e. The van der Waals surface area contributed by atoms with Gasteiger partial charge >= 0.3 is 0 Å². The molecule has 0 saturated heterocycles. The van der Waals surface area contributed by atoms with Crippen LogP contribution in [0, 0.1) is 0 Å². The summed E-state index contributed by atoms with van der Waals surface area (Å²) in [5.74, 6) is 0.245. The molecule has 10 heteroatoms. The van der Waals surface area contributed by atoms with Crippen molar-refractivity contribution < 1.29 is 8.42 Å². The van der Waals surface area contributed by atoms with Gasteiger partial charge in [-0.15, -0.1) is 0 Å². The highest BCUT2D eigenvalue weighted by molar-refractivity contribution is 7.89. The van der Waals surface area contributed by atoms with Gasteiger partial charge in [-0.25, -0.2) is 17.8 Å². The average Bonchev–Trinajstić information content (AvgIpc) is 3.03. The molecule has 30 heavy (non-hydrogen) atoms. The van der Waals surface area contributed by atoms with Gasteiger partial charge in [0.25, 0.3) is 5.56 Å². The number of aromatic amines is 1. The lowest BCUT2D eigenvalue weighted by molar-refractivity contribution is 0.366. The van der Waals surface area contributed by atoms with Crippen LogP contribution in [0.25, 0.3) is 11.0 Å². The summed E-state index contributed by atoms with van der Waals surface area (Å²) in [5, 5.41) is 7.72. The van der Waals surface area contributed by atoms with Gasteiger partial charge in [0.05, 0.1) is 16.6 Å². The first-order valence-corrected chi connectivity index (χ1v) is 11.1. The topological polar surface area (TPSA) is 122 Å². The number of hydrogen-bond donors (Lipinski definition) is 3. The molecule has 3 rings (SSSR count). The maximum Gasteiger partial charge on any atom is 0.263 e. The number of rotatable bonds is 5. The van der Waals surface area contributed by atoms with E-state index in [9.17, 15) is 13.2 Å². The highest BCUT2D eigenvalue weighted by atomic mass is 32.2. The van der Waals surface area contributed by atoms with E-state index in [-0.39, 0.29) is 28.5 Å². The Morgan fingerprint density at radius 3 is 2.40 bits per heavy atom. The molecule has 162 valence electrons. The maximum absolute atomic E-state index is 12.8. The van der Waals surface area contributed by atoms with Gasteiger partial charge in [0.2, 0.25) is 16.0 Å². The lowest BCUT2D eigenvalue weighted by Crippen LogP contribution is -2.40. The largest absolute Gasteiger partial charge is 0.352 e. The van der Waals surface area contributed by atoms with Crippen LogP contribution in [0.3, 0.4) is 0 Å². The standard InChI is InChI=1S/C20H28N6O3S/c1-19(2,3)25-30(28,29)15-10-8-7-9-13(15)11-21-18-23-16-14(17(27)24-18)12-22-26(16)20(4,5)6/h7-10,12,25H,11H2,1-6H3,(H2,21,23,24,27). The predicted molar refractivity (Wildman–Crippen MR) is 117 cm³/mol. The molecule has 9 nitrogen and oxygen atoms in total. The first-order chi connectivity index (χ1) is 13.8. The zero-order chi connectivity index (χ0) is 22.3. The van der Waals surface area contributed by atoms with Crippen LogP contribution < -0.4 is 15.6 Å². The van der Waals surface area contributed by atoms with Crippen LogP contribution in [-0.4, -0.2) is 33.7 Å². The summed E-state index contributed by atoms with van der Waals surface area (Å²) in [7, 11) is -3.71. The fourth-order valence-corrected chi connectivity index (χ4v) is 4.70. The third-order valence-corrected chi connectivity index (χ3v) is 6.08. The number of aromatic nitrogens is 4. The van der Waals surface area contributed by atoms with Crippen molar-refractivity contribution in [2.24, 2.45) is 0 Å². The van der Waals surface area contributed by atoms with Gasteiger partial charge in [0, 0.05) is 12.1 Å². The fourth-order valence-electron chi connectivity index (χ4n) is 3.04. The summed E-state index contributed by atoms with van der Waals surface area (Å²) in [4.78, 5) is 19.8. The lowest BCUT2D eigenvalue weighted by Gasteiger charge is -2.21. The Morgan fingerprint density at radius 2 is 1.77 bits per heavy atom. The van der Waals surface area contributed by atoms with Crippen LogP contribution in [-0.2, 0) is 22.1 Å². The molecular weight excluding hydrogens is 404 g/mol. The van der Waals surface area contributed by atoms with Crippen molar-refractivity contribution >= 4 is 27.0 Å². The van der Waals surface area contributed by atoms with Crippen LogP contribution in [0.4, 0.5) is 5.95 Å². The van der Waals surface area contributed by atoms with E-state index in [1.54, 1.807) is 49.7 Å². The molecule has 0 amide bonds. The van der Waals surface area contributed by atoms with Crippen molar-refractivity contribution in [3.63, 3.8) is 0 Å². The molecule has 0 spiro atoms. The summed E-state index contributed by atoms with van der Waals surface area (Å²) in [5.41, 5.74) is -0.250. The lowest BCUT2D eigenvalue weighted by atomic mass is 10.1. The molecule has 0 unspecified atom stereocenters. The van der Waals surface area contributed by atoms with Gasteiger partial charge in [0.1, 0.15) is 5.39 Å². The summed E-state index contributed by atoms with van der Waals surface area (Å²) >= 11 is 0. The molecule has 1 aromatic carbocycles. The third-order valence-electron chi connectivity index (χ3n) is 4.22. The number of sulfonamides is 1. The molecule has 3 N–H and O–H groups in total. The average molecular weight is 433 g/mol. The molecule has 2 heterocycles. The number of nitrogens with one attached hydrogen (secondary N) is 3. The van der Waals surface area contributed by atoms with E-state index < -0.39 is 15.6 Å². The van der Waals surface area contributed by atoms with E-state index >= 15 is 0 Å². The van der Waals surface area contributed by atoms with Crippen molar-refractivity contribution in [1.29, 1.82) is 0 Å². The van der Waals surface area contributed by atoms with E-state index in [1.165, 1.54) is 6.20 Å². The normalized spacial score (nSPS) is 13.0. The molecule has 0 aliphatic heterocycles. The SMILES string of the molecule is CC(C)(C)NS(=O)(=O)c1ccccc1CNc1nc2c(cnn2C(C)(C)C)c(=O)[nH]1. The van der Waals surface area contributed by atoms with Crippen molar-refractivity contribution in [2.75, 3.05) is 5.32 Å². The smallest absolute Gasteiger partial charge is 0.263 e. The van der Waals surface area contributed by atoms with Crippen LogP contribution in [0.2, 0.25) is 0 Å². The van der Waals surface area contributed by atoms with Crippen molar-refractivity contribution in [2.45, 2.75) is 64.1 Å². The molecule has 0 saturated carbocycles. The molecule has 3 aromatic rings. The van der Waals surface area contributed by atoms with E-state index in [1.807, 2.05) is 20.8 Å². The summed E-state index contributed by atoms with van der Waals surface area (Å²) < 4.78 is 30.0. The van der Waals surface area contributed by atoms with Crippen molar-refractivity contribution in [3.8, 4) is 0 Å². The number of fused-ring (bicyclic) bond motifs is 1. The maximum atomic E-state index is 12.8. The quantitative estimate of drug-likeness (QED) is 0.570. The molecule has 0 aliphatic rings. The van der Waals surface area contributed by atoms with E-state index in [0.29, 0.717) is 16.6 Å². The number of anilines is 1. The minimum absolute atomic E-state index is 0.166. The monoisotopic (exact) mass is 432 g/mol. The summed E-state index contributed by atoms with van der Waals surface area (Å²) in [6, 6.07) is 6.72. The second kappa shape index (κ2) is 7.51. The Morgan fingerprint density at radius 1 is 1.10 bits per heavy atom. The van der Waals surface area contributed by atoms with Gasteiger partial charge in [0.15, 0.2) is 5.65 Å². The number of H-pyrrole nitrogens is 1. The van der Waals surface area contributed by atoms with E-state index in [2.05, 4.69) is 25.1 Å². The molecule has 2 aromatic heterocycles. The molecule has 0 radical (unpaired) electrons. The molecule has 0 bridgehead atoms. The number of hydrogen-bond acceptors (Lipinski definition) is 6. The van der Waals surface area contributed by atoms with E-state index in [4.69, 9.17) is 0 Å². The summed E-state index contributed by atoms with van der Waals surface area (Å²) in [6.45, 7) is 11.4. The molecule has 0 atom stereocenters.